The first-order valence-corrected chi connectivity index (χ1v) is 8.64. The zero-order valence-corrected chi connectivity index (χ0v) is 15.4. The lowest BCUT2D eigenvalue weighted by Gasteiger charge is -2.38. The highest BCUT2D eigenvalue weighted by molar-refractivity contribution is 5.80. The van der Waals surface area contributed by atoms with Crippen LogP contribution in [0.4, 0.5) is 5.69 Å². The van der Waals surface area contributed by atoms with Gasteiger partial charge in [-0.1, -0.05) is 17.3 Å². The maximum Gasteiger partial charge on any atom is 0.223 e. The Morgan fingerprint density at radius 3 is 2.60 bits per heavy atom. The molecule has 2 heterocycles. The van der Waals surface area contributed by atoms with Crippen LogP contribution in [-0.4, -0.2) is 54.2 Å². The summed E-state index contributed by atoms with van der Waals surface area (Å²) in [5.74, 6) is 2.10. The van der Waals surface area contributed by atoms with Gasteiger partial charge in [-0.05, 0) is 31.0 Å². The van der Waals surface area contributed by atoms with Crippen molar-refractivity contribution in [3.8, 4) is 0 Å². The fraction of sp³-hybridized carbons (Fsp3) is 0.500. The van der Waals surface area contributed by atoms with E-state index in [-0.39, 0.29) is 0 Å². The van der Waals surface area contributed by atoms with E-state index >= 15 is 0 Å². The molecule has 0 bridgehead atoms. The second-order valence-corrected chi connectivity index (χ2v) is 6.32. The molecule has 1 fully saturated rings. The molecule has 0 aliphatic carbocycles. The van der Waals surface area contributed by atoms with Crippen LogP contribution in [0.25, 0.3) is 0 Å². The summed E-state index contributed by atoms with van der Waals surface area (Å²) in [7, 11) is 1.81. The number of benzene rings is 1. The summed E-state index contributed by atoms with van der Waals surface area (Å²) in [6, 6.07) is 6.52. The summed E-state index contributed by atoms with van der Waals surface area (Å²) in [6.07, 6.45) is 0. The highest BCUT2D eigenvalue weighted by atomic mass is 16.5. The number of aryl methyl sites for hydroxylation is 2. The highest BCUT2D eigenvalue weighted by Gasteiger charge is 2.21. The maximum absolute atomic E-state index is 5.00. The standard InChI is InChI=1S/C18H26N6O/c1-13-6-5-7-16(14(13)2)23-8-10-24(11-9-23)18(19-4)20-12-17-21-15(3)25-22-17/h5-7H,8-12H2,1-4H3,(H,19,20). The Balaban J connectivity index is 1.57. The minimum atomic E-state index is 0.515. The van der Waals surface area contributed by atoms with Crippen molar-refractivity contribution >= 4 is 11.6 Å². The van der Waals surface area contributed by atoms with Crippen molar-refractivity contribution in [2.75, 3.05) is 38.1 Å². The Hall–Kier alpha value is -2.57. The first-order chi connectivity index (χ1) is 12.1. The first kappa shape index (κ1) is 17.3. The molecule has 1 aliphatic heterocycles. The molecule has 2 aromatic rings. The fourth-order valence-corrected chi connectivity index (χ4v) is 3.14. The van der Waals surface area contributed by atoms with Crippen molar-refractivity contribution in [2.45, 2.75) is 27.3 Å². The minimum Gasteiger partial charge on any atom is -0.368 e. The van der Waals surface area contributed by atoms with E-state index in [0.29, 0.717) is 18.3 Å². The molecule has 25 heavy (non-hydrogen) atoms. The average Bonchev–Trinajstić information content (AvgIpc) is 3.04. The molecule has 3 rings (SSSR count). The van der Waals surface area contributed by atoms with Gasteiger partial charge in [-0.3, -0.25) is 4.99 Å². The molecule has 1 saturated heterocycles. The second kappa shape index (κ2) is 7.55. The van der Waals surface area contributed by atoms with Gasteiger partial charge in [-0.2, -0.15) is 4.98 Å². The van der Waals surface area contributed by atoms with Crippen LogP contribution < -0.4 is 10.2 Å². The SMILES string of the molecule is CN=C(NCc1noc(C)n1)N1CCN(c2cccc(C)c2C)CC1. The van der Waals surface area contributed by atoms with Gasteiger partial charge >= 0.3 is 0 Å². The molecule has 1 aliphatic rings. The van der Waals surface area contributed by atoms with Crippen molar-refractivity contribution in [1.29, 1.82) is 0 Å². The van der Waals surface area contributed by atoms with Gasteiger partial charge in [0.05, 0.1) is 6.54 Å². The quantitative estimate of drug-likeness (QED) is 0.679. The van der Waals surface area contributed by atoms with E-state index in [4.69, 9.17) is 4.52 Å². The molecule has 0 amide bonds. The number of hydrogen-bond acceptors (Lipinski definition) is 5. The third-order valence-corrected chi connectivity index (χ3v) is 4.68. The van der Waals surface area contributed by atoms with Gasteiger partial charge < -0.3 is 19.6 Å². The molecular formula is C18H26N6O. The van der Waals surface area contributed by atoms with Crippen LogP contribution in [0.3, 0.4) is 0 Å². The Morgan fingerprint density at radius 2 is 1.96 bits per heavy atom. The molecule has 0 saturated carbocycles. The van der Waals surface area contributed by atoms with Gasteiger partial charge in [-0.25, -0.2) is 0 Å². The van der Waals surface area contributed by atoms with Crippen LogP contribution in [0.2, 0.25) is 0 Å². The zero-order chi connectivity index (χ0) is 17.8. The number of nitrogens with zero attached hydrogens (tertiary/aromatic N) is 5. The molecule has 1 N–H and O–H groups in total. The van der Waals surface area contributed by atoms with E-state index in [1.807, 2.05) is 0 Å². The molecule has 1 aromatic carbocycles. The van der Waals surface area contributed by atoms with Crippen LogP contribution >= 0.6 is 0 Å². The van der Waals surface area contributed by atoms with Crippen LogP contribution in [0.15, 0.2) is 27.7 Å². The number of rotatable bonds is 3. The number of anilines is 1. The zero-order valence-electron chi connectivity index (χ0n) is 15.4. The van der Waals surface area contributed by atoms with Gasteiger partial charge in [-0.15, -0.1) is 0 Å². The van der Waals surface area contributed by atoms with Crippen molar-refractivity contribution in [1.82, 2.24) is 20.4 Å². The normalized spacial score (nSPS) is 15.6. The third-order valence-electron chi connectivity index (χ3n) is 4.68. The summed E-state index contributed by atoms with van der Waals surface area (Å²) < 4.78 is 5.00. The van der Waals surface area contributed by atoms with Gasteiger partial charge in [0.1, 0.15) is 0 Å². The molecule has 0 unspecified atom stereocenters. The lowest BCUT2D eigenvalue weighted by molar-refractivity contribution is 0.369. The third kappa shape index (κ3) is 3.92. The molecule has 134 valence electrons. The largest absolute Gasteiger partial charge is 0.368 e. The van der Waals surface area contributed by atoms with Crippen LogP contribution in [-0.2, 0) is 6.54 Å². The van der Waals surface area contributed by atoms with Crippen LogP contribution in [0.5, 0.6) is 0 Å². The van der Waals surface area contributed by atoms with E-state index in [1.54, 1.807) is 14.0 Å². The van der Waals surface area contributed by atoms with Crippen molar-refractivity contribution in [3.63, 3.8) is 0 Å². The number of nitrogens with one attached hydrogen (secondary N) is 1. The van der Waals surface area contributed by atoms with Gasteiger partial charge in [0, 0.05) is 45.8 Å². The van der Waals surface area contributed by atoms with Crippen molar-refractivity contribution in [2.24, 2.45) is 4.99 Å². The number of hydrogen-bond donors (Lipinski definition) is 1. The summed E-state index contributed by atoms with van der Waals surface area (Å²) in [5, 5.41) is 7.22. The van der Waals surface area contributed by atoms with E-state index < -0.39 is 0 Å². The van der Waals surface area contributed by atoms with Crippen molar-refractivity contribution in [3.05, 3.63) is 41.0 Å². The lowest BCUT2D eigenvalue weighted by Crippen LogP contribution is -2.52. The second-order valence-electron chi connectivity index (χ2n) is 6.32. The molecule has 0 spiro atoms. The van der Waals surface area contributed by atoms with E-state index in [0.717, 1.165) is 32.1 Å². The smallest absolute Gasteiger partial charge is 0.223 e. The molecule has 1 aromatic heterocycles. The van der Waals surface area contributed by atoms with Crippen LogP contribution in [0, 0.1) is 20.8 Å². The van der Waals surface area contributed by atoms with E-state index in [1.165, 1.54) is 16.8 Å². The number of aromatic nitrogens is 2. The summed E-state index contributed by atoms with van der Waals surface area (Å²) in [5.41, 5.74) is 4.05. The van der Waals surface area contributed by atoms with Crippen LogP contribution in [0.1, 0.15) is 22.8 Å². The topological polar surface area (TPSA) is 69.8 Å². The molecule has 7 nitrogen and oxygen atoms in total. The maximum atomic E-state index is 5.00. The molecular weight excluding hydrogens is 316 g/mol. The number of piperazine rings is 1. The number of guanidine groups is 1. The average molecular weight is 342 g/mol. The minimum absolute atomic E-state index is 0.515. The lowest BCUT2D eigenvalue weighted by atomic mass is 10.1. The molecule has 0 radical (unpaired) electrons. The molecule has 0 atom stereocenters. The Kier molecular flexibility index (Phi) is 5.21. The predicted octanol–water partition coefficient (Wildman–Crippen LogP) is 1.89. The van der Waals surface area contributed by atoms with Gasteiger partial charge in [0.2, 0.25) is 5.89 Å². The van der Waals surface area contributed by atoms with Gasteiger partial charge in [0.25, 0.3) is 0 Å². The summed E-state index contributed by atoms with van der Waals surface area (Å²) in [6.45, 7) is 10.5. The van der Waals surface area contributed by atoms with E-state index in [2.05, 4.69) is 62.3 Å². The highest BCUT2D eigenvalue weighted by Crippen LogP contribution is 2.23. The van der Waals surface area contributed by atoms with E-state index in [9.17, 15) is 0 Å². The molecule has 7 heteroatoms. The predicted molar refractivity (Wildman–Crippen MR) is 98.9 cm³/mol. The Morgan fingerprint density at radius 1 is 1.20 bits per heavy atom. The van der Waals surface area contributed by atoms with Gasteiger partial charge in [0.15, 0.2) is 11.8 Å². The van der Waals surface area contributed by atoms with Crippen molar-refractivity contribution < 1.29 is 4.52 Å². The monoisotopic (exact) mass is 342 g/mol. The Bertz CT molecular complexity index is 746. The summed E-state index contributed by atoms with van der Waals surface area (Å²) >= 11 is 0. The number of aliphatic imine (C=N–C) groups is 1. The first-order valence-electron chi connectivity index (χ1n) is 8.64. The fourth-order valence-electron chi connectivity index (χ4n) is 3.14. The summed E-state index contributed by atoms with van der Waals surface area (Å²) in [4.78, 5) is 13.3. The Labute approximate surface area is 148 Å².